The van der Waals surface area contributed by atoms with Crippen LogP contribution in [-0.4, -0.2) is 32.1 Å². The highest BCUT2D eigenvalue weighted by Gasteiger charge is 2.39. The van der Waals surface area contributed by atoms with E-state index in [1.165, 1.54) is 12.0 Å². The van der Waals surface area contributed by atoms with Crippen molar-refractivity contribution in [3.8, 4) is 0 Å². The molecule has 1 N–H and O–H groups in total. The molecule has 0 spiro atoms. The van der Waals surface area contributed by atoms with Gasteiger partial charge in [0, 0.05) is 6.54 Å². The molecule has 2 rings (SSSR count). The quantitative estimate of drug-likeness (QED) is 0.841. The Labute approximate surface area is 96.5 Å². The fourth-order valence-electron chi connectivity index (χ4n) is 2.76. The lowest BCUT2D eigenvalue weighted by molar-refractivity contribution is 0.172. The molecule has 1 aliphatic heterocycles. The average Bonchev–Trinajstić information content (AvgIpc) is 2.63. The molecule has 0 amide bonds. The first kappa shape index (κ1) is 11.6. The number of halogens is 1. The molecule has 88 valence electrons. The summed E-state index contributed by atoms with van der Waals surface area (Å²) in [6.45, 7) is 2.02. The molecule has 1 fully saturated rings. The maximum atomic E-state index is 13.0. The predicted octanol–water partition coefficient (Wildman–Crippen LogP) is 1.97. The highest BCUT2D eigenvalue weighted by atomic mass is 19.1. The fourth-order valence-corrected chi connectivity index (χ4v) is 2.76. The molecular weight excluding hydrogens is 203 g/mol. The number of rotatable bonds is 3. The first-order chi connectivity index (χ1) is 7.69. The second-order valence-corrected chi connectivity index (χ2v) is 4.59. The summed E-state index contributed by atoms with van der Waals surface area (Å²) in [5.74, 6) is -0.163. The molecule has 0 bridgehead atoms. The van der Waals surface area contributed by atoms with Crippen molar-refractivity contribution in [2.45, 2.75) is 18.4 Å². The maximum Gasteiger partial charge on any atom is 0.123 e. The number of likely N-dealkylation sites (N-methyl/N-ethyl adjacent to an activating group) is 2. The number of benzene rings is 1. The van der Waals surface area contributed by atoms with Crippen molar-refractivity contribution < 1.29 is 4.39 Å². The van der Waals surface area contributed by atoms with Crippen LogP contribution < -0.4 is 5.32 Å². The first-order valence-corrected chi connectivity index (χ1v) is 5.81. The van der Waals surface area contributed by atoms with E-state index in [0.717, 1.165) is 19.5 Å². The largest absolute Gasteiger partial charge is 0.318 e. The molecule has 2 nitrogen and oxygen atoms in total. The molecule has 1 aromatic carbocycles. The van der Waals surface area contributed by atoms with Gasteiger partial charge in [-0.25, -0.2) is 4.39 Å². The van der Waals surface area contributed by atoms with Crippen LogP contribution in [0.3, 0.4) is 0 Å². The molecule has 1 saturated heterocycles. The Kier molecular flexibility index (Phi) is 3.26. The van der Waals surface area contributed by atoms with Crippen molar-refractivity contribution >= 4 is 0 Å². The zero-order valence-electron chi connectivity index (χ0n) is 9.96. The summed E-state index contributed by atoms with van der Waals surface area (Å²) in [5, 5.41) is 3.26. The van der Waals surface area contributed by atoms with Gasteiger partial charge in [-0.1, -0.05) is 12.1 Å². The average molecular weight is 222 g/mol. The van der Waals surface area contributed by atoms with E-state index in [1.807, 2.05) is 19.2 Å². The van der Waals surface area contributed by atoms with Crippen molar-refractivity contribution in [1.82, 2.24) is 10.2 Å². The van der Waals surface area contributed by atoms with Gasteiger partial charge in [0.2, 0.25) is 0 Å². The van der Waals surface area contributed by atoms with Gasteiger partial charge in [0.15, 0.2) is 0 Å². The summed E-state index contributed by atoms with van der Waals surface area (Å²) in [4.78, 5) is 2.37. The highest BCUT2D eigenvalue weighted by Crippen LogP contribution is 2.37. The van der Waals surface area contributed by atoms with Crippen LogP contribution in [-0.2, 0) is 5.54 Å². The monoisotopic (exact) mass is 222 g/mol. The van der Waals surface area contributed by atoms with Gasteiger partial charge in [0.25, 0.3) is 0 Å². The van der Waals surface area contributed by atoms with E-state index in [-0.39, 0.29) is 11.4 Å². The third kappa shape index (κ3) is 1.85. The van der Waals surface area contributed by atoms with Crippen LogP contribution in [0.25, 0.3) is 0 Å². The molecule has 1 aliphatic rings. The van der Waals surface area contributed by atoms with Crippen LogP contribution in [0.5, 0.6) is 0 Å². The molecular formula is C13H19FN2. The van der Waals surface area contributed by atoms with E-state index in [4.69, 9.17) is 0 Å². The van der Waals surface area contributed by atoms with Crippen LogP contribution in [0.4, 0.5) is 4.39 Å². The number of hydrogen-bond acceptors (Lipinski definition) is 2. The molecule has 1 heterocycles. The normalized spacial score (nSPS) is 26.2. The maximum absolute atomic E-state index is 13.0. The number of nitrogens with zero attached hydrogens (tertiary/aromatic N) is 1. The summed E-state index contributed by atoms with van der Waals surface area (Å²) < 4.78 is 13.0. The topological polar surface area (TPSA) is 15.3 Å². The van der Waals surface area contributed by atoms with Gasteiger partial charge in [0.1, 0.15) is 5.82 Å². The van der Waals surface area contributed by atoms with Crippen molar-refractivity contribution in [3.63, 3.8) is 0 Å². The van der Waals surface area contributed by atoms with E-state index >= 15 is 0 Å². The third-order valence-corrected chi connectivity index (χ3v) is 3.67. The molecule has 1 aromatic rings. The lowest BCUT2D eigenvalue weighted by Gasteiger charge is -2.36. The SMILES string of the molecule is CNCC1(c2ccc(F)cc2)CCCN1C. The van der Waals surface area contributed by atoms with Gasteiger partial charge in [-0.2, -0.15) is 0 Å². The Bertz CT molecular complexity index is 349. The van der Waals surface area contributed by atoms with Gasteiger partial charge >= 0.3 is 0 Å². The van der Waals surface area contributed by atoms with Crippen molar-refractivity contribution in [3.05, 3.63) is 35.6 Å². The number of hydrogen-bond donors (Lipinski definition) is 1. The van der Waals surface area contributed by atoms with Gasteiger partial charge in [-0.05, 0) is 51.2 Å². The molecule has 3 heteroatoms. The van der Waals surface area contributed by atoms with Crippen molar-refractivity contribution in [2.24, 2.45) is 0 Å². The van der Waals surface area contributed by atoms with Gasteiger partial charge in [-0.3, -0.25) is 4.90 Å². The second-order valence-electron chi connectivity index (χ2n) is 4.59. The van der Waals surface area contributed by atoms with E-state index in [1.54, 1.807) is 12.1 Å². The van der Waals surface area contributed by atoms with Gasteiger partial charge in [0.05, 0.1) is 5.54 Å². The summed E-state index contributed by atoms with van der Waals surface area (Å²) in [6, 6.07) is 6.93. The van der Waals surface area contributed by atoms with E-state index in [0.29, 0.717) is 0 Å². The molecule has 0 aromatic heterocycles. The van der Waals surface area contributed by atoms with Crippen molar-refractivity contribution in [2.75, 3.05) is 27.2 Å². The zero-order chi connectivity index (χ0) is 11.6. The van der Waals surface area contributed by atoms with Crippen LogP contribution >= 0.6 is 0 Å². The van der Waals surface area contributed by atoms with Crippen LogP contribution in [0.2, 0.25) is 0 Å². The van der Waals surface area contributed by atoms with Crippen molar-refractivity contribution in [1.29, 1.82) is 0 Å². The molecule has 0 saturated carbocycles. The number of likely N-dealkylation sites (tertiary alicyclic amines) is 1. The van der Waals surface area contributed by atoms with E-state index in [9.17, 15) is 4.39 Å². The van der Waals surface area contributed by atoms with Crippen LogP contribution in [0.15, 0.2) is 24.3 Å². The lowest BCUT2D eigenvalue weighted by Crippen LogP contribution is -2.45. The first-order valence-electron chi connectivity index (χ1n) is 5.81. The van der Waals surface area contributed by atoms with Gasteiger partial charge in [-0.15, -0.1) is 0 Å². The Hall–Kier alpha value is -0.930. The Morgan fingerprint density at radius 2 is 2.06 bits per heavy atom. The third-order valence-electron chi connectivity index (χ3n) is 3.67. The highest BCUT2D eigenvalue weighted by molar-refractivity contribution is 5.27. The number of nitrogens with one attached hydrogen (secondary N) is 1. The summed E-state index contributed by atoms with van der Waals surface area (Å²) in [5.41, 5.74) is 1.26. The minimum absolute atomic E-state index is 0.0441. The summed E-state index contributed by atoms with van der Waals surface area (Å²) in [6.07, 6.45) is 2.34. The summed E-state index contributed by atoms with van der Waals surface area (Å²) in [7, 11) is 4.12. The zero-order valence-corrected chi connectivity index (χ0v) is 9.96. The second kappa shape index (κ2) is 4.52. The standard InChI is InChI=1S/C13H19FN2/c1-15-10-13(8-3-9-16(13)2)11-4-6-12(14)7-5-11/h4-7,15H,3,8-10H2,1-2H3. The summed E-state index contributed by atoms with van der Waals surface area (Å²) >= 11 is 0. The fraction of sp³-hybridized carbons (Fsp3) is 0.538. The molecule has 0 aliphatic carbocycles. The molecule has 1 atom stereocenters. The Morgan fingerprint density at radius 3 is 2.56 bits per heavy atom. The Morgan fingerprint density at radius 1 is 1.38 bits per heavy atom. The smallest absolute Gasteiger partial charge is 0.123 e. The van der Waals surface area contributed by atoms with Crippen LogP contribution in [0, 0.1) is 5.82 Å². The van der Waals surface area contributed by atoms with Gasteiger partial charge < -0.3 is 5.32 Å². The molecule has 0 radical (unpaired) electrons. The minimum Gasteiger partial charge on any atom is -0.318 e. The minimum atomic E-state index is -0.163. The molecule has 1 unspecified atom stereocenters. The Balaban J connectivity index is 2.35. The lowest BCUT2D eigenvalue weighted by atomic mass is 9.87. The molecule has 16 heavy (non-hydrogen) atoms. The van der Waals surface area contributed by atoms with E-state index in [2.05, 4.69) is 17.3 Å². The predicted molar refractivity (Wildman–Crippen MR) is 63.9 cm³/mol. The van der Waals surface area contributed by atoms with E-state index < -0.39 is 0 Å². The van der Waals surface area contributed by atoms with Crippen LogP contribution in [0.1, 0.15) is 18.4 Å².